The number of fused-ring (bicyclic) bond motifs is 1. The van der Waals surface area contributed by atoms with E-state index < -0.39 is 6.04 Å². The summed E-state index contributed by atoms with van der Waals surface area (Å²) in [5.74, 6) is -0.0709. The Balaban J connectivity index is 1.48. The number of carbonyl (C=O) groups excluding carboxylic acids is 2. The average Bonchev–Trinajstić information content (AvgIpc) is 3.14. The lowest BCUT2D eigenvalue weighted by Gasteiger charge is -2.33. The Labute approximate surface area is 178 Å². The number of amides is 1. The van der Waals surface area contributed by atoms with Crippen LogP contribution in [0.25, 0.3) is 0 Å². The van der Waals surface area contributed by atoms with Gasteiger partial charge in [0.05, 0.1) is 18.4 Å². The fourth-order valence-corrected chi connectivity index (χ4v) is 3.57. The summed E-state index contributed by atoms with van der Waals surface area (Å²) in [6.45, 7) is 4.03. The van der Waals surface area contributed by atoms with Crippen molar-refractivity contribution in [2.75, 3.05) is 22.6 Å². The molecule has 0 bridgehead atoms. The molecule has 0 unspecified atom stereocenters. The van der Waals surface area contributed by atoms with Crippen molar-refractivity contribution < 1.29 is 14.0 Å². The van der Waals surface area contributed by atoms with Gasteiger partial charge in [0.25, 0.3) is 5.91 Å². The van der Waals surface area contributed by atoms with Crippen LogP contribution in [0.4, 0.5) is 21.8 Å². The molecule has 1 aliphatic heterocycles. The summed E-state index contributed by atoms with van der Waals surface area (Å²) >= 11 is 0. The molecule has 3 heterocycles. The first-order valence-electron chi connectivity index (χ1n) is 9.74. The van der Waals surface area contributed by atoms with Crippen molar-refractivity contribution in [3.63, 3.8) is 0 Å². The van der Waals surface area contributed by atoms with Gasteiger partial charge in [-0.2, -0.15) is 10.1 Å². The molecule has 4 rings (SSSR count). The molecule has 0 saturated heterocycles. The molecule has 1 atom stereocenters. The van der Waals surface area contributed by atoms with Crippen LogP contribution >= 0.6 is 0 Å². The second-order valence-corrected chi connectivity index (χ2v) is 7.47. The molecule has 1 aliphatic rings. The molecular formula is C21H22FN7O2. The number of aryl methyl sites for hydroxylation is 1. The van der Waals surface area contributed by atoms with Crippen LogP contribution in [0.5, 0.6) is 0 Å². The molecule has 160 valence electrons. The van der Waals surface area contributed by atoms with Crippen molar-refractivity contribution in [3.8, 4) is 0 Å². The minimum atomic E-state index is -0.921. The maximum atomic E-state index is 13.4. The Morgan fingerprint density at radius 1 is 1.29 bits per heavy atom. The average molecular weight is 423 g/mol. The summed E-state index contributed by atoms with van der Waals surface area (Å²) in [7, 11) is 1.66. The lowest BCUT2D eigenvalue weighted by Crippen LogP contribution is -2.50. The minimum Gasteiger partial charge on any atom is -0.350 e. The first-order chi connectivity index (χ1) is 14.8. The minimum absolute atomic E-state index is 0.262. The normalized spacial score (nSPS) is 15.4. The number of Topliss-reactive ketones (excluding diaryl/α,β-unsaturated/α-hetero) is 1. The fraction of sp³-hybridized carbons (Fsp3) is 0.286. The number of likely N-dealkylation sites (N-methyl/N-ethyl adjacent to an activating group) is 1. The van der Waals surface area contributed by atoms with Gasteiger partial charge in [0.1, 0.15) is 11.5 Å². The van der Waals surface area contributed by atoms with E-state index in [4.69, 9.17) is 0 Å². The number of hydrogen-bond acceptors (Lipinski definition) is 7. The van der Waals surface area contributed by atoms with Gasteiger partial charge in [-0.05, 0) is 31.5 Å². The Morgan fingerprint density at radius 3 is 2.84 bits per heavy atom. The van der Waals surface area contributed by atoms with E-state index in [1.54, 1.807) is 35.8 Å². The zero-order chi connectivity index (χ0) is 22.1. The largest absolute Gasteiger partial charge is 0.350 e. The summed E-state index contributed by atoms with van der Waals surface area (Å²) in [5.41, 5.74) is 2.81. The highest BCUT2D eigenvalue weighted by Crippen LogP contribution is 2.32. The van der Waals surface area contributed by atoms with Gasteiger partial charge in [0, 0.05) is 25.4 Å². The lowest BCUT2D eigenvalue weighted by atomic mass is 10.1. The van der Waals surface area contributed by atoms with Crippen LogP contribution in [0.2, 0.25) is 0 Å². The molecule has 0 spiro atoms. The second-order valence-electron chi connectivity index (χ2n) is 7.47. The van der Waals surface area contributed by atoms with E-state index in [2.05, 4.69) is 25.7 Å². The number of nitrogens with one attached hydrogen (secondary N) is 2. The van der Waals surface area contributed by atoms with Crippen LogP contribution in [-0.2, 0) is 22.7 Å². The van der Waals surface area contributed by atoms with Gasteiger partial charge >= 0.3 is 0 Å². The third-order valence-electron chi connectivity index (χ3n) is 5.04. The van der Waals surface area contributed by atoms with E-state index in [1.165, 1.54) is 19.1 Å². The number of rotatable bonds is 6. The van der Waals surface area contributed by atoms with Gasteiger partial charge in [-0.25, -0.2) is 9.37 Å². The van der Waals surface area contributed by atoms with Crippen molar-refractivity contribution in [1.82, 2.24) is 19.7 Å². The Hall–Kier alpha value is -3.82. The van der Waals surface area contributed by atoms with Gasteiger partial charge in [0.15, 0.2) is 17.6 Å². The molecule has 9 nitrogen and oxygen atoms in total. The summed E-state index contributed by atoms with van der Waals surface area (Å²) in [6.07, 6.45) is 3.58. The standard InChI is InChI=1S/C21H22FN7O2/c1-12-17-19(28(3)18(13(2)30)20(31)26-17)27-21(25-12)23-8-15-9-24-29(11-15)10-14-5-4-6-16(22)7-14/h4-7,9,11,18H,8,10H2,1-3H3,(H,26,31)(H,23,25,27)/t18-/m0/s1. The Morgan fingerprint density at radius 2 is 2.10 bits per heavy atom. The summed E-state index contributed by atoms with van der Waals surface area (Å²) in [4.78, 5) is 34.6. The van der Waals surface area contributed by atoms with Gasteiger partial charge in [-0.15, -0.1) is 0 Å². The van der Waals surface area contributed by atoms with Crippen molar-refractivity contribution in [3.05, 3.63) is 59.3 Å². The number of aromatic nitrogens is 4. The van der Waals surface area contributed by atoms with Crippen molar-refractivity contribution >= 4 is 29.1 Å². The van der Waals surface area contributed by atoms with Crippen molar-refractivity contribution in [2.45, 2.75) is 33.0 Å². The smallest absolute Gasteiger partial charge is 0.255 e. The molecule has 2 N–H and O–H groups in total. The molecule has 1 aromatic carbocycles. The van der Waals surface area contributed by atoms with Crippen LogP contribution < -0.4 is 15.5 Å². The maximum Gasteiger partial charge on any atom is 0.255 e. The predicted octanol–water partition coefficient (Wildman–Crippen LogP) is 2.13. The number of nitrogens with zero attached hydrogens (tertiary/aromatic N) is 5. The van der Waals surface area contributed by atoms with Crippen LogP contribution in [0.15, 0.2) is 36.7 Å². The van der Waals surface area contributed by atoms with E-state index >= 15 is 0 Å². The summed E-state index contributed by atoms with van der Waals surface area (Å²) < 4.78 is 15.1. The van der Waals surface area contributed by atoms with E-state index in [0.29, 0.717) is 36.2 Å². The van der Waals surface area contributed by atoms with Gasteiger partial charge in [0.2, 0.25) is 5.95 Å². The molecule has 0 saturated carbocycles. The zero-order valence-electron chi connectivity index (χ0n) is 17.4. The lowest BCUT2D eigenvalue weighted by molar-refractivity contribution is -0.126. The van der Waals surface area contributed by atoms with Gasteiger partial charge in [-0.3, -0.25) is 14.3 Å². The SMILES string of the molecule is CC(=O)[C@H]1C(=O)Nc2c(C)nc(NCc3cnn(Cc4cccc(F)c4)c3)nc2N1C. The highest BCUT2D eigenvalue weighted by Gasteiger charge is 2.36. The molecule has 0 fully saturated rings. The molecule has 31 heavy (non-hydrogen) atoms. The van der Waals surface area contributed by atoms with Crippen molar-refractivity contribution in [2.24, 2.45) is 0 Å². The predicted molar refractivity (Wildman–Crippen MR) is 113 cm³/mol. The topological polar surface area (TPSA) is 105 Å². The van der Waals surface area contributed by atoms with E-state index in [-0.39, 0.29) is 17.5 Å². The molecule has 10 heteroatoms. The molecule has 2 aromatic heterocycles. The number of hydrogen-bond donors (Lipinski definition) is 2. The Bertz CT molecular complexity index is 1160. The van der Waals surface area contributed by atoms with Crippen LogP contribution in [-0.4, -0.2) is 44.5 Å². The second kappa shape index (κ2) is 8.13. The quantitative estimate of drug-likeness (QED) is 0.585. The van der Waals surface area contributed by atoms with Crippen LogP contribution in [0.1, 0.15) is 23.7 Å². The molecular weight excluding hydrogens is 401 g/mol. The van der Waals surface area contributed by atoms with Crippen molar-refractivity contribution in [1.29, 1.82) is 0 Å². The van der Waals surface area contributed by atoms with Gasteiger partial charge < -0.3 is 15.5 Å². The van der Waals surface area contributed by atoms with Crippen LogP contribution in [0.3, 0.4) is 0 Å². The van der Waals surface area contributed by atoms with Crippen LogP contribution in [0, 0.1) is 12.7 Å². The molecule has 0 aliphatic carbocycles. The number of ketones is 1. The first-order valence-corrected chi connectivity index (χ1v) is 9.74. The third-order valence-corrected chi connectivity index (χ3v) is 5.04. The van der Waals surface area contributed by atoms with E-state index in [1.807, 2.05) is 12.3 Å². The van der Waals surface area contributed by atoms with E-state index in [9.17, 15) is 14.0 Å². The molecule has 1 amide bonds. The first kappa shape index (κ1) is 20.5. The zero-order valence-corrected chi connectivity index (χ0v) is 17.4. The number of carbonyl (C=O) groups is 2. The monoisotopic (exact) mass is 423 g/mol. The highest BCUT2D eigenvalue weighted by molar-refractivity contribution is 6.16. The van der Waals surface area contributed by atoms with Gasteiger partial charge in [-0.1, -0.05) is 12.1 Å². The highest BCUT2D eigenvalue weighted by atomic mass is 19.1. The Kier molecular flexibility index (Phi) is 5.37. The number of anilines is 3. The van der Waals surface area contributed by atoms with E-state index in [0.717, 1.165) is 11.1 Å². The molecule has 0 radical (unpaired) electrons. The summed E-state index contributed by atoms with van der Waals surface area (Å²) in [6, 6.07) is 5.48. The number of halogens is 1. The fourth-order valence-electron chi connectivity index (χ4n) is 3.57. The molecule has 3 aromatic rings. The summed E-state index contributed by atoms with van der Waals surface area (Å²) in [5, 5.41) is 10.2. The number of benzene rings is 1. The maximum absolute atomic E-state index is 13.4. The third kappa shape index (κ3) is 4.23.